The van der Waals surface area contributed by atoms with Crippen molar-refractivity contribution in [3.8, 4) is 0 Å². The summed E-state index contributed by atoms with van der Waals surface area (Å²) in [5.74, 6) is -0.410. The van der Waals surface area contributed by atoms with E-state index in [1.54, 1.807) is 18.2 Å². The third-order valence-electron chi connectivity index (χ3n) is 3.34. The maximum Gasteiger partial charge on any atom is 0.417 e. The molecule has 18 heavy (non-hydrogen) atoms. The molecule has 5 nitrogen and oxygen atoms in total. The third-order valence-corrected chi connectivity index (χ3v) is 3.34. The minimum Gasteiger partial charge on any atom is -0.408 e. The van der Waals surface area contributed by atoms with Crippen LogP contribution in [0.25, 0.3) is 11.1 Å². The molecule has 0 amide bonds. The van der Waals surface area contributed by atoms with Crippen LogP contribution < -0.4 is 11.1 Å². The summed E-state index contributed by atoms with van der Waals surface area (Å²) in [5, 5.41) is 3.30. The SMILES string of the molecule is O=C(CC1CCCN1)c1ccc2[nH]c(=O)oc2c1. The molecule has 0 radical (unpaired) electrons. The highest BCUT2D eigenvalue weighted by molar-refractivity contribution is 5.98. The largest absolute Gasteiger partial charge is 0.417 e. The second kappa shape index (κ2) is 4.42. The van der Waals surface area contributed by atoms with E-state index in [1.165, 1.54) is 0 Å². The van der Waals surface area contributed by atoms with Gasteiger partial charge in [0.05, 0.1) is 5.52 Å². The normalized spacial score (nSPS) is 19.4. The van der Waals surface area contributed by atoms with Gasteiger partial charge < -0.3 is 9.73 Å². The topological polar surface area (TPSA) is 75.1 Å². The molecule has 5 heteroatoms. The van der Waals surface area contributed by atoms with Gasteiger partial charge in [-0.3, -0.25) is 9.78 Å². The Kier molecular flexibility index (Phi) is 2.76. The lowest BCUT2D eigenvalue weighted by atomic mass is 10.0. The van der Waals surface area contributed by atoms with Gasteiger partial charge in [0.1, 0.15) is 0 Å². The average Bonchev–Trinajstić information content (AvgIpc) is 2.95. The van der Waals surface area contributed by atoms with Gasteiger partial charge in [0, 0.05) is 18.0 Å². The molecule has 2 N–H and O–H groups in total. The fourth-order valence-corrected chi connectivity index (χ4v) is 2.39. The van der Waals surface area contributed by atoms with Crippen LogP contribution in [0.15, 0.2) is 27.4 Å². The monoisotopic (exact) mass is 246 g/mol. The first-order chi connectivity index (χ1) is 8.72. The second-order valence-corrected chi connectivity index (χ2v) is 4.65. The number of H-pyrrole nitrogens is 1. The summed E-state index contributed by atoms with van der Waals surface area (Å²) in [6.07, 6.45) is 2.68. The average molecular weight is 246 g/mol. The molecule has 1 aliphatic heterocycles. The summed E-state index contributed by atoms with van der Waals surface area (Å²) in [6.45, 7) is 0.990. The summed E-state index contributed by atoms with van der Waals surface area (Å²) >= 11 is 0. The highest BCUT2D eigenvalue weighted by Gasteiger charge is 2.19. The van der Waals surface area contributed by atoms with Gasteiger partial charge in [0.25, 0.3) is 0 Å². The van der Waals surface area contributed by atoms with E-state index in [1.807, 2.05) is 0 Å². The third kappa shape index (κ3) is 2.09. The van der Waals surface area contributed by atoms with E-state index in [0.29, 0.717) is 23.1 Å². The Hall–Kier alpha value is -1.88. The van der Waals surface area contributed by atoms with E-state index < -0.39 is 5.76 Å². The van der Waals surface area contributed by atoms with E-state index >= 15 is 0 Å². The van der Waals surface area contributed by atoms with Gasteiger partial charge in [-0.2, -0.15) is 0 Å². The lowest BCUT2D eigenvalue weighted by Gasteiger charge is -2.08. The molecule has 1 aliphatic rings. The smallest absolute Gasteiger partial charge is 0.408 e. The molecule has 3 rings (SSSR count). The van der Waals surface area contributed by atoms with Crippen molar-refractivity contribution in [3.05, 3.63) is 34.3 Å². The van der Waals surface area contributed by atoms with E-state index in [-0.39, 0.29) is 11.8 Å². The molecule has 1 aromatic carbocycles. The molecule has 0 spiro atoms. The first-order valence-corrected chi connectivity index (χ1v) is 6.12. The molecule has 2 aromatic rings. The molecule has 0 aliphatic carbocycles. The van der Waals surface area contributed by atoms with Gasteiger partial charge >= 0.3 is 5.76 Å². The van der Waals surface area contributed by atoms with Crippen molar-refractivity contribution in [2.45, 2.75) is 25.3 Å². The number of nitrogens with one attached hydrogen (secondary N) is 2. The summed E-state index contributed by atoms with van der Waals surface area (Å²) in [4.78, 5) is 25.7. The van der Waals surface area contributed by atoms with Gasteiger partial charge in [-0.15, -0.1) is 0 Å². The number of aromatic amines is 1. The number of benzene rings is 1. The standard InChI is InChI=1S/C13H14N2O3/c16-11(7-9-2-1-5-14-9)8-3-4-10-12(6-8)18-13(17)15-10/h3-4,6,9,14H,1-2,5,7H2,(H,15,17). The van der Waals surface area contributed by atoms with Crippen LogP contribution in [0.3, 0.4) is 0 Å². The lowest BCUT2D eigenvalue weighted by Crippen LogP contribution is -2.24. The Morgan fingerprint density at radius 1 is 1.44 bits per heavy atom. The Labute approximate surface area is 103 Å². The minimum absolute atomic E-state index is 0.0835. The fraction of sp³-hybridized carbons (Fsp3) is 0.385. The van der Waals surface area contributed by atoms with Crippen LogP contribution in [0.4, 0.5) is 0 Å². The number of hydrogen-bond donors (Lipinski definition) is 2. The molecule has 2 heterocycles. The number of ketones is 1. The summed E-state index contributed by atoms with van der Waals surface area (Å²) in [6, 6.07) is 5.34. The van der Waals surface area contributed by atoms with Crippen molar-refractivity contribution < 1.29 is 9.21 Å². The summed E-state index contributed by atoms with van der Waals surface area (Å²) in [5.41, 5.74) is 1.65. The molecule has 0 bridgehead atoms. The van der Waals surface area contributed by atoms with Gasteiger partial charge in [-0.1, -0.05) is 0 Å². The molecular formula is C13H14N2O3. The van der Waals surface area contributed by atoms with Crippen LogP contribution in [0.5, 0.6) is 0 Å². The van der Waals surface area contributed by atoms with Crippen LogP contribution in [-0.4, -0.2) is 23.4 Å². The zero-order chi connectivity index (χ0) is 12.5. The van der Waals surface area contributed by atoms with Crippen molar-refractivity contribution in [1.82, 2.24) is 10.3 Å². The minimum atomic E-state index is -0.493. The molecule has 1 fully saturated rings. The quantitative estimate of drug-likeness (QED) is 0.804. The first-order valence-electron chi connectivity index (χ1n) is 6.12. The first kappa shape index (κ1) is 11.2. The van der Waals surface area contributed by atoms with Crippen LogP contribution in [0.1, 0.15) is 29.6 Å². The molecule has 1 atom stereocenters. The van der Waals surface area contributed by atoms with Gasteiger partial charge in [-0.25, -0.2) is 4.79 Å². The molecular weight excluding hydrogens is 232 g/mol. The van der Waals surface area contributed by atoms with E-state index in [4.69, 9.17) is 4.42 Å². The Morgan fingerprint density at radius 3 is 3.11 bits per heavy atom. The van der Waals surface area contributed by atoms with Crippen LogP contribution in [0.2, 0.25) is 0 Å². The molecule has 0 saturated carbocycles. The Bertz CT molecular complexity index is 635. The van der Waals surface area contributed by atoms with E-state index in [2.05, 4.69) is 10.3 Å². The van der Waals surface area contributed by atoms with Gasteiger partial charge in [0.2, 0.25) is 0 Å². The number of rotatable bonds is 3. The highest BCUT2D eigenvalue weighted by Crippen LogP contribution is 2.16. The number of aromatic nitrogens is 1. The molecule has 94 valence electrons. The van der Waals surface area contributed by atoms with Crippen LogP contribution in [-0.2, 0) is 0 Å². The number of oxazole rings is 1. The van der Waals surface area contributed by atoms with Crippen LogP contribution >= 0.6 is 0 Å². The Balaban J connectivity index is 1.84. The molecule has 1 unspecified atom stereocenters. The zero-order valence-electron chi connectivity index (χ0n) is 9.86. The number of carbonyl (C=O) groups excluding carboxylic acids is 1. The van der Waals surface area contributed by atoms with E-state index in [9.17, 15) is 9.59 Å². The van der Waals surface area contributed by atoms with Crippen molar-refractivity contribution >= 4 is 16.9 Å². The number of fused-ring (bicyclic) bond motifs is 1. The second-order valence-electron chi connectivity index (χ2n) is 4.65. The number of carbonyl (C=O) groups is 1. The molecule has 1 aromatic heterocycles. The van der Waals surface area contributed by atoms with Crippen molar-refractivity contribution in [2.24, 2.45) is 0 Å². The fourth-order valence-electron chi connectivity index (χ4n) is 2.39. The summed E-state index contributed by atoms with van der Waals surface area (Å²) < 4.78 is 4.95. The number of hydrogen-bond acceptors (Lipinski definition) is 4. The van der Waals surface area contributed by atoms with Gasteiger partial charge in [-0.05, 0) is 37.6 Å². The number of Topliss-reactive ketones (excluding diaryl/α,β-unsaturated/α-hetero) is 1. The molecule has 1 saturated heterocycles. The maximum absolute atomic E-state index is 12.1. The van der Waals surface area contributed by atoms with Crippen molar-refractivity contribution in [3.63, 3.8) is 0 Å². The zero-order valence-corrected chi connectivity index (χ0v) is 9.86. The van der Waals surface area contributed by atoms with Crippen molar-refractivity contribution in [1.29, 1.82) is 0 Å². The van der Waals surface area contributed by atoms with Gasteiger partial charge in [0.15, 0.2) is 11.4 Å². The lowest BCUT2D eigenvalue weighted by molar-refractivity contribution is 0.0971. The van der Waals surface area contributed by atoms with E-state index in [0.717, 1.165) is 19.4 Å². The van der Waals surface area contributed by atoms with Crippen LogP contribution in [0, 0.1) is 0 Å². The predicted octanol–water partition coefficient (Wildman–Crippen LogP) is 1.45. The maximum atomic E-state index is 12.1. The predicted molar refractivity (Wildman–Crippen MR) is 66.8 cm³/mol. The summed E-state index contributed by atoms with van der Waals surface area (Å²) in [7, 11) is 0. The Morgan fingerprint density at radius 2 is 2.33 bits per heavy atom. The highest BCUT2D eigenvalue weighted by atomic mass is 16.4. The van der Waals surface area contributed by atoms with Crippen molar-refractivity contribution in [2.75, 3.05) is 6.54 Å².